The van der Waals surface area contributed by atoms with Crippen LogP contribution in [0.1, 0.15) is 10.8 Å². The van der Waals surface area contributed by atoms with Crippen molar-refractivity contribution in [1.82, 2.24) is 0 Å². The second-order valence-corrected chi connectivity index (χ2v) is 5.47. The highest BCUT2D eigenvalue weighted by Gasteiger charge is 2.23. The largest absolute Gasteiger partial charge is 0.455 e. The predicted octanol–water partition coefficient (Wildman–Crippen LogP) is 2.55. The van der Waals surface area contributed by atoms with Gasteiger partial charge in [0.1, 0.15) is 5.25 Å². The Hall–Kier alpha value is -2.27. The van der Waals surface area contributed by atoms with E-state index in [9.17, 15) is 9.59 Å². The third-order valence-corrected chi connectivity index (χ3v) is 3.91. The van der Waals surface area contributed by atoms with Gasteiger partial charge in [-0.25, -0.2) is 0 Å². The van der Waals surface area contributed by atoms with E-state index in [1.807, 2.05) is 60.7 Å². The molecule has 0 aliphatic heterocycles. The first-order chi connectivity index (χ1) is 10.2. The molecule has 4 nitrogen and oxygen atoms in total. The minimum absolute atomic E-state index is 0.405. The number of nitrogens with two attached hydrogens (primary N) is 1. The number of hydrogen-bond acceptors (Lipinski definition) is 4. The van der Waals surface area contributed by atoms with Crippen LogP contribution in [0.25, 0.3) is 0 Å². The molecule has 0 spiro atoms. The number of hydrogen-bond donors (Lipinski definition) is 1. The Balaban J connectivity index is 2.18. The van der Waals surface area contributed by atoms with E-state index in [1.54, 1.807) is 0 Å². The van der Waals surface area contributed by atoms with Crippen molar-refractivity contribution in [2.75, 3.05) is 6.61 Å². The Kier molecular flexibility index (Phi) is 5.40. The summed E-state index contributed by atoms with van der Waals surface area (Å²) in [4.78, 5) is 23.9. The van der Waals surface area contributed by atoms with Crippen LogP contribution in [-0.4, -0.2) is 18.5 Å². The minimum Gasteiger partial charge on any atom is -0.455 e. The Morgan fingerprint density at radius 2 is 1.57 bits per heavy atom. The molecule has 2 N–H and O–H groups in total. The van der Waals surface area contributed by atoms with Gasteiger partial charge in [0.15, 0.2) is 6.61 Å². The molecule has 0 bridgehead atoms. The van der Waals surface area contributed by atoms with Gasteiger partial charge in [-0.3, -0.25) is 9.59 Å². The molecular weight excluding hydrogens is 286 g/mol. The fraction of sp³-hybridized carbons (Fsp3) is 0.125. The molecule has 0 radical (unpaired) electrons. The average Bonchev–Trinajstić information content (AvgIpc) is 2.52. The molecule has 0 unspecified atom stereocenters. The molecule has 0 aliphatic carbocycles. The van der Waals surface area contributed by atoms with Crippen molar-refractivity contribution in [3.05, 3.63) is 66.2 Å². The van der Waals surface area contributed by atoms with Crippen LogP contribution in [0.3, 0.4) is 0 Å². The number of primary amides is 1. The van der Waals surface area contributed by atoms with Crippen molar-refractivity contribution < 1.29 is 14.3 Å². The zero-order valence-corrected chi connectivity index (χ0v) is 12.1. The molecule has 2 aromatic rings. The SMILES string of the molecule is NC(=O)COC(=O)[C@H](Sc1ccccc1)c1ccccc1. The van der Waals surface area contributed by atoms with Crippen molar-refractivity contribution in [2.24, 2.45) is 5.73 Å². The summed E-state index contributed by atoms with van der Waals surface area (Å²) in [5.41, 5.74) is 5.83. The number of amides is 1. The monoisotopic (exact) mass is 301 g/mol. The summed E-state index contributed by atoms with van der Waals surface area (Å²) in [5.74, 6) is -1.14. The smallest absolute Gasteiger partial charge is 0.324 e. The van der Waals surface area contributed by atoms with Gasteiger partial charge in [-0.1, -0.05) is 48.5 Å². The second-order valence-electron chi connectivity index (χ2n) is 4.30. The van der Waals surface area contributed by atoms with E-state index in [-0.39, 0.29) is 0 Å². The lowest BCUT2D eigenvalue weighted by Gasteiger charge is -2.15. The van der Waals surface area contributed by atoms with Crippen molar-refractivity contribution in [1.29, 1.82) is 0 Å². The summed E-state index contributed by atoms with van der Waals surface area (Å²) >= 11 is 1.37. The molecule has 0 heterocycles. The van der Waals surface area contributed by atoms with Gasteiger partial charge in [-0.15, -0.1) is 11.8 Å². The van der Waals surface area contributed by atoms with Crippen LogP contribution in [0.15, 0.2) is 65.6 Å². The molecule has 0 aromatic heterocycles. The molecule has 1 atom stereocenters. The van der Waals surface area contributed by atoms with Crippen LogP contribution in [-0.2, 0) is 14.3 Å². The maximum atomic E-state index is 12.2. The summed E-state index contributed by atoms with van der Waals surface area (Å²) < 4.78 is 4.96. The number of rotatable bonds is 6. The Morgan fingerprint density at radius 3 is 2.14 bits per heavy atom. The van der Waals surface area contributed by atoms with Crippen LogP contribution in [0, 0.1) is 0 Å². The van der Waals surface area contributed by atoms with Gasteiger partial charge in [-0.05, 0) is 17.7 Å². The summed E-state index contributed by atoms with van der Waals surface area (Å²) in [6.45, 7) is -0.405. The highest BCUT2D eigenvalue weighted by atomic mass is 32.2. The molecule has 2 rings (SSSR count). The number of carbonyl (C=O) groups excluding carboxylic acids is 2. The molecule has 21 heavy (non-hydrogen) atoms. The Bertz CT molecular complexity index is 601. The standard InChI is InChI=1S/C16H15NO3S/c17-14(18)11-20-16(19)15(12-7-3-1-4-8-12)21-13-9-5-2-6-10-13/h1-10,15H,11H2,(H2,17,18)/t15-/m1/s1. The zero-order valence-electron chi connectivity index (χ0n) is 11.3. The fourth-order valence-corrected chi connectivity index (χ4v) is 2.78. The highest BCUT2D eigenvalue weighted by molar-refractivity contribution is 8.00. The molecule has 0 fully saturated rings. The fourth-order valence-electron chi connectivity index (χ4n) is 1.73. The van der Waals surface area contributed by atoms with E-state index in [0.717, 1.165) is 10.5 Å². The van der Waals surface area contributed by atoms with Crippen molar-refractivity contribution in [3.63, 3.8) is 0 Å². The van der Waals surface area contributed by atoms with Crippen molar-refractivity contribution in [3.8, 4) is 0 Å². The normalized spacial score (nSPS) is 11.6. The Labute approximate surface area is 127 Å². The molecule has 0 aliphatic rings. The minimum atomic E-state index is -0.667. The van der Waals surface area contributed by atoms with E-state index >= 15 is 0 Å². The van der Waals surface area contributed by atoms with E-state index in [0.29, 0.717) is 0 Å². The highest BCUT2D eigenvalue weighted by Crippen LogP contribution is 2.35. The molecule has 5 heteroatoms. The first kappa shape index (κ1) is 15.1. The van der Waals surface area contributed by atoms with E-state index < -0.39 is 23.7 Å². The maximum absolute atomic E-state index is 12.2. The predicted molar refractivity (Wildman–Crippen MR) is 81.6 cm³/mol. The molecule has 108 valence electrons. The van der Waals surface area contributed by atoms with Gasteiger partial charge in [0.05, 0.1) is 0 Å². The number of benzene rings is 2. The quantitative estimate of drug-likeness (QED) is 0.657. The summed E-state index contributed by atoms with van der Waals surface area (Å²) in [7, 11) is 0. The van der Waals surface area contributed by atoms with Gasteiger partial charge >= 0.3 is 5.97 Å². The lowest BCUT2D eigenvalue weighted by molar-refractivity contribution is -0.147. The number of esters is 1. The van der Waals surface area contributed by atoms with Gasteiger partial charge in [0, 0.05) is 4.90 Å². The van der Waals surface area contributed by atoms with Gasteiger partial charge in [0.25, 0.3) is 5.91 Å². The molecule has 1 amide bonds. The molecule has 2 aromatic carbocycles. The Morgan fingerprint density at radius 1 is 1.00 bits per heavy atom. The van der Waals surface area contributed by atoms with Crippen LogP contribution in [0.4, 0.5) is 0 Å². The number of carbonyl (C=O) groups is 2. The molecule has 0 saturated carbocycles. The summed E-state index contributed by atoms with van der Waals surface area (Å²) in [6, 6.07) is 18.8. The number of ether oxygens (including phenoxy) is 1. The number of thioether (sulfide) groups is 1. The lowest BCUT2D eigenvalue weighted by Crippen LogP contribution is -2.23. The van der Waals surface area contributed by atoms with Crippen molar-refractivity contribution in [2.45, 2.75) is 10.1 Å². The lowest BCUT2D eigenvalue weighted by atomic mass is 10.1. The van der Waals surface area contributed by atoms with Crippen LogP contribution >= 0.6 is 11.8 Å². The van der Waals surface area contributed by atoms with Gasteiger partial charge in [-0.2, -0.15) is 0 Å². The maximum Gasteiger partial charge on any atom is 0.324 e. The topological polar surface area (TPSA) is 69.4 Å². The average molecular weight is 301 g/mol. The third kappa shape index (κ3) is 4.65. The van der Waals surface area contributed by atoms with Crippen molar-refractivity contribution >= 4 is 23.6 Å². The first-order valence-electron chi connectivity index (χ1n) is 6.38. The first-order valence-corrected chi connectivity index (χ1v) is 7.26. The van der Waals surface area contributed by atoms with E-state index in [1.165, 1.54) is 11.8 Å². The summed E-state index contributed by atoms with van der Waals surface area (Å²) in [5, 5.41) is -0.534. The van der Waals surface area contributed by atoms with Crippen LogP contribution < -0.4 is 5.73 Å². The van der Waals surface area contributed by atoms with Gasteiger partial charge in [0.2, 0.25) is 0 Å². The molecular formula is C16H15NO3S. The van der Waals surface area contributed by atoms with Crippen LogP contribution in [0.5, 0.6) is 0 Å². The van der Waals surface area contributed by atoms with E-state index in [2.05, 4.69) is 0 Å². The second kappa shape index (κ2) is 7.50. The third-order valence-electron chi connectivity index (χ3n) is 2.67. The zero-order chi connectivity index (χ0) is 15.1. The van der Waals surface area contributed by atoms with Crippen LogP contribution in [0.2, 0.25) is 0 Å². The molecule has 0 saturated heterocycles. The van der Waals surface area contributed by atoms with Gasteiger partial charge < -0.3 is 10.5 Å². The van der Waals surface area contributed by atoms with E-state index in [4.69, 9.17) is 10.5 Å². The summed E-state index contributed by atoms with van der Waals surface area (Å²) in [6.07, 6.45) is 0.